The van der Waals surface area contributed by atoms with Crippen molar-refractivity contribution in [3.8, 4) is 11.5 Å². The Morgan fingerprint density at radius 3 is 2.50 bits per heavy atom. The third-order valence-electron chi connectivity index (χ3n) is 4.70. The Morgan fingerprint density at radius 2 is 1.78 bits per heavy atom. The molecule has 0 saturated heterocycles. The van der Waals surface area contributed by atoms with E-state index in [-0.39, 0.29) is 17.9 Å². The van der Waals surface area contributed by atoms with Crippen LogP contribution in [0.1, 0.15) is 48.3 Å². The van der Waals surface area contributed by atoms with Gasteiger partial charge in [0.15, 0.2) is 11.5 Å². The molecule has 0 aliphatic heterocycles. The molecular formula is C25H27N3O4. The third kappa shape index (κ3) is 6.31. The number of carbonyl (C=O) groups excluding carboxylic acids is 2. The standard InChI is InChI=1S/C25H27N3O4/c1-4-31-24-15-21(8-9-23(24)32-16-19-10-12-26-13-11-19)25(30)27-17(2)20-6-5-7-22(14-20)28-18(3)29/h5-15,17H,4,16H2,1-3H3,(H,27,30)(H,28,29). The maximum Gasteiger partial charge on any atom is 0.251 e. The van der Waals surface area contributed by atoms with Gasteiger partial charge in [-0.15, -0.1) is 0 Å². The molecule has 7 nitrogen and oxygen atoms in total. The minimum absolute atomic E-state index is 0.145. The number of amides is 2. The highest BCUT2D eigenvalue weighted by Gasteiger charge is 2.15. The molecule has 3 rings (SSSR count). The Hall–Kier alpha value is -3.87. The van der Waals surface area contributed by atoms with E-state index in [0.29, 0.717) is 36.0 Å². The average molecular weight is 434 g/mol. The fraction of sp³-hybridized carbons (Fsp3) is 0.240. The van der Waals surface area contributed by atoms with Gasteiger partial charge < -0.3 is 20.1 Å². The molecule has 0 spiro atoms. The van der Waals surface area contributed by atoms with Crippen LogP contribution in [0.15, 0.2) is 67.0 Å². The van der Waals surface area contributed by atoms with Gasteiger partial charge in [0, 0.05) is 30.6 Å². The smallest absolute Gasteiger partial charge is 0.251 e. The van der Waals surface area contributed by atoms with E-state index in [1.807, 2.05) is 44.2 Å². The van der Waals surface area contributed by atoms with Crippen molar-refractivity contribution in [2.24, 2.45) is 0 Å². The summed E-state index contributed by atoms with van der Waals surface area (Å²) in [6.45, 7) is 6.04. The molecule has 0 radical (unpaired) electrons. The normalized spacial score (nSPS) is 11.3. The Labute approximate surface area is 187 Å². The summed E-state index contributed by atoms with van der Waals surface area (Å²) in [5.74, 6) is 0.698. The zero-order valence-electron chi connectivity index (χ0n) is 18.4. The van der Waals surface area contributed by atoms with Crippen molar-refractivity contribution in [1.82, 2.24) is 10.3 Å². The van der Waals surface area contributed by atoms with Crippen molar-refractivity contribution < 1.29 is 19.1 Å². The summed E-state index contributed by atoms with van der Waals surface area (Å²) in [6.07, 6.45) is 3.42. The number of rotatable bonds is 9. The van der Waals surface area contributed by atoms with E-state index in [1.54, 1.807) is 36.7 Å². The van der Waals surface area contributed by atoms with Crippen LogP contribution < -0.4 is 20.1 Å². The Kier molecular flexibility index (Phi) is 7.80. The van der Waals surface area contributed by atoms with E-state index in [4.69, 9.17) is 9.47 Å². The van der Waals surface area contributed by atoms with Gasteiger partial charge in [-0.1, -0.05) is 12.1 Å². The quantitative estimate of drug-likeness (QED) is 0.518. The summed E-state index contributed by atoms with van der Waals surface area (Å²) in [4.78, 5) is 28.1. The third-order valence-corrected chi connectivity index (χ3v) is 4.70. The molecule has 2 amide bonds. The van der Waals surface area contributed by atoms with Gasteiger partial charge in [-0.2, -0.15) is 0 Å². The highest BCUT2D eigenvalue weighted by atomic mass is 16.5. The molecule has 0 aliphatic carbocycles. The highest BCUT2D eigenvalue weighted by Crippen LogP contribution is 2.29. The zero-order chi connectivity index (χ0) is 22.9. The summed E-state index contributed by atoms with van der Waals surface area (Å²) in [5, 5.41) is 5.74. The number of hydrogen-bond acceptors (Lipinski definition) is 5. The molecule has 0 aliphatic rings. The van der Waals surface area contributed by atoms with Gasteiger partial charge in [0.2, 0.25) is 5.91 Å². The Bertz CT molecular complexity index is 1070. The summed E-state index contributed by atoms with van der Waals surface area (Å²) < 4.78 is 11.6. The molecule has 166 valence electrons. The van der Waals surface area contributed by atoms with Crippen LogP contribution in [0, 0.1) is 0 Å². The largest absolute Gasteiger partial charge is 0.490 e. The lowest BCUT2D eigenvalue weighted by Gasteiger charge is -2.17. The van der Waals surface area contributed by atoms with E-state index >= 15 is 0 Å². The predicted molar refractivity (Wildman–Crippen MR) is 123 cm³/mol. The minimum atomic E-state index is -0.255. The fourth-order valence-corrected chi connectivity index (χ4v) is 3.13. The number of pyridine rings is 1. The predicted octanol–water partition coefficient (Wildman–Crippen LogP) is 4.51. The summed E-state index contributed by atoms with van der Waals surface area (Å²) in [6, 6.07) is 16.0. The van der Waals surface area contributed by atoms with Crippen LogP contribution in [-0.4, -0.2) is 23.4 Å². The first-order valence-electron chi connectivity index (χ1n) is 10.4. The first-order chi connectivity index (χ1) is 15.5. The van der Waals surface area contributed by atoms with Gasteiger partial charge in [0.1, 0.15) is 6.61 Å². The molecule has 0 saturated carbocycles. The van der Waals surface area contributed by atoms with Crippen molar-refractivity contribution in [3.63, 3.8) is 0 Å². The molecule has 0 fully saturated rings. The van der Waals surface area contributed by atoms with Crippen LogP contribution in [0.2, 0.25) is 0 Å². The average Bonchev–Trinajstić information content (AvgIpc) is 2.78. The SMILES string of the molecule is CCOc1cc(C(=O)NC(C)c2cccc(NC(C)=O)c2)ccc1OCc1ccncc1. The number of carbonyl (C=O) groups is 2. The second-order valence-corrected chi connectivity index (χ2v) is 7.24. The molecule has 1 heterocycles. The number of nitrogens with zero attached hydrogens (tertiary/aromatic N) is 1. The van der Waals surface area contributed by atoms with Crippen LogP contribution >= 0.6 is 0 Å². The number of benzene rings is 2. The first-order valence-corrected chi connectivity index (χ1v) is 10.4. The summed E-state index contributed by atoms with van der Waals surface area (Å²) in [7, 11) is 0. The number of anilines is 1. The van der Waals surface area contributed by atoms with Gasteiger partial charge in [-0.05, 0) is 67.4 Å². The number of hydrogen-bond donors (Lipinski definition) is 2. The molecule has 2 aromatic carbocycles. The Morgan fingerprint density at radius 1 is 1.00 bits per heavy atom. The van der Waals surface area contributed by atoms with Crippen molar-refractivity contribution in [2.75, 3.05) is 11.9 Å². The molecular weight excluding hydrogens is 406 g/mol. The molecule has 3 aromatic rings. The monoisotopic (exact) mass is 433 g/mol. The van der Waals surface area contributed by atoms with Gasteiger partial charge in [-0.25, -0.2) is 0 Å². The topological polar surface area (TPSA) is 89.6 Å². The molecule has 7 heteroatoms. The lowest BCUT2D eigenvalue weighted by Crippen LogP contribution is -2.26. The minimum Gasteiger partial charge on any atom is -0.490 e. The highest BCUT2D eigenvalue weighted by molar-refractivity contribution is 5.95. The van der Waals surface area contributed by atoms with E-state index < -0.39 is 0 Å². The zero-order valence-corrected chi connectivity index (χ0v) is 18.4. The summed E-state index contributed by atoms with van der Waals surface area (Å²) >= 11 is 0. The van der Waals surface area contributed by atoms with Crippen molar-refractivity contribution in [3.05, 3.63) is 83.7 Å². The van der Waals surface area contributed by atoms with Crippen LogP contribution in [0.5, 0.6) is 11.5 Å². The first kappa shape index (κ1) is 22.8. The van der Waals surface area contributed by atoms with E-state index in [9.17, 15) is 9.59 Å². The van der Waals surface area contributed by atoms with Crippen molar-refractivity contribution >= 4 is 17.5 Å². The number of ether oxygens (including phenoxy) is 2. The second-order valence-electron chi connectivity index (χ2n) is 7.24. The molecule has 1 unspecified atom stereocenters. The van der Waals surface area contributed by atoms with Crippen LogP contribution in [0.25, 0.3) is 0 Å². The van der Waals surface area contributed by atoms with E-state index in [0.717, 1.165) is 11.1 Å². The molecule has 2 N–H and O–H groups in total. The number of nitrogens with one attached hydrogen (secondary N) is 2. The van der Waals surface area contributed by atoms with Crippen molar-refractivity contribution in [2.45, 2.75) is 33.4 Å². The Balaban J connectivity index is 1.70. The van der Waals surface area contributed by atoms with E-state index in [1.165, 1.54) is 6.92 Å². The maximum absolute atomic E-state index is 12.9. The molecule has 32 heavy (non-hydrogen) atoms. The van der Waals surface area contributed by atoms with Gasteiger partial charge in [-0.3, -0.25) is 14.6 Å². The van der Waals surface area contributed by atoms with Crippen molar-refractivity contribution in [1.29, 1.82) is 0 Å². The van der Waals surface area contributed by atoms with Gasteiger partial charge in [0.05, 0.1) is 12.6 Å². The summed E-state index contributed by atoms with van der Waals surface area (Å²) in [5.41, 5.74) is 3.02. The molecule has 1 atom stereocenters. The fourth-order valence-electron chi connectivity index (χ4n) is 3.13. The number of aromatic nitrogens is 1. The van der Waals surface area contributed by atoms with Gasteiger partial charge in [0.25, 0.3) is 5.91 Å². The van der Waals surface area contributed by atoms with Crippen LogP contribution in [0.4, 0.5) is 5.69 Å². The lowest BCUT2D eigenvalue weighted by atomic mass is 10.1. The lowest BCUT2D eigenvalue weighted by molar-refractivity contribution is -0.114. The molecule has 0 bridgehead atoms. The van der Waals surface area contributed by atoms with Crippen LogP contribution in [-0.2, 0) is 11.4 Å². The van der Waals surface area contributed by atoms with Gasteiger partial charge >= 0.3 is 0 Å². The van der Waals surface area contributed by atoms with E-state index in [2.05, 4.69) is 15.6 Å². The second kappa shape index (κ2) is 10.9. The van der Waals surface area contributed by atoms with Crippen LogP contribution in [0.3, 0.4) is 0 Å². The molecule has 1 aromatic heterocycles. The maximum atomic E-state index is 12.9.